The second-order valence-electron chi connectivity index (χ2n) is 2.98. The Morgan fingerprint density at radius 3 is 2.62 bits per heavy atom. The third-order valence-corrected chi connectivity index (χ3v) is 2.40. The van der Waals surface area contributed by atoms with E-state index < -0.39 is 30.3 Å². The molecule has 0 radical (unpaired) electrons. The molecule has 0 aliphatic rings. The number of halogens is 4. The minimum absolute atomic E-state index is 0.0169. The molecule has 0 aromatic carbocycles. The number of carboxylic acid groups (broad SMARTS) is 1. The lowest BCUT2D eigenvalue weighted by atomic mass is 10.1. The molecule has 0 spiro atoms. The molecule has 0 fully saturated rings. The number of hydrogen-bond acceptors (Lipinski definition) is 2. The lowest BCUT2D eigenvalue weighted by Gasteiger charge is -2.08. The van der Waals surface area contributed by atoms with Crippen molar-refractivity contribution < 1.29 is 23.1 Å². The third kappa shape index (κ3) is 2.94. The van der Waals surface area contributed by atoms with E-state index in [9.17, 15) is 18.0 Å². The van der Waals surface area contributed by atoms with E-state index in [0.717, 1.165) is 6.07 Å². The highest BCUT2D eigenvalue weighted by Gasteiger charge is 2.18. The van der Waals surface area contributed by atoms with Gasteiger partial charge in [0.1, 0.15) is 0 Å². The fourth-order valence-electron chi connectivity index (χ4n) is 1.17. The van der Waals surface area contributed by atoms with E-state index in [1.165, 1.54) is 0 Å². The van der Waals surface area contributed by atoms with Gasteiger partial charge in [-0.05, 0) is 6.07 Å². The molecule has 7 heteroatoms. The smallest absolute Gasteiger partial charge is 0.307 e. The first kappa shape index (κ1) is 13.0. The number of pyridine rings is 1. The van der Waals surface area contributed by atoms with E-state index in [1.807, 2.05) is 0 Å². The van der Waals surface area contributed by atoms with Gasteiger partial charge < -0.3 is 5.11 Å². The van der Waals surface area contributed by atoms with Crippen molar-refractivity contribution >= 4 is 21.9 Å². The maximum Gasteiger partial charge on any atom is 0.307 e. The summed E-state index contributed by atoms with van der Waals surface area (Å²) in [5.41, 5.74) is -0.913. The van der Waals surface area contributed by atoms with E-state index in [-0.39, 0.29) is 16.6 Å². The Kier molecular flexibility index (Phi) is 4.28. The summed E-state index contributed by atoms with van der Waals surface area (Å²) in [7, 11) is 0. The Hall–Kier alpha value is -1.11. The van der Waals surface area contributed by atoms with Crippen LogP contribution in [0.2, 0.25) is 0 Å². The predicted molar refractivity (Wildman–Crippen MR) is 53.1 cm³/mol. The number of rotatable bonds is 4. The number of hydrogen-bond donors (Lipinski definition) is 1. The van der Waals surface area contributed by atoms with Crippen molar-refractivity contribution in [3.63, 3.8) is 0 Å². The molecule has 0 aliphatic carbocycles. The molecule has 0 aliphatic heterocycles. The average Bonchev–Trinajstić information content (AvgIpc) is 2.19. The normalized spacial score (nSPS) is 10.8. The summed E-state index contributed by atoms with van der Waals surface area (Å²) in [4.78, 5) is 13.7. The number of nitrogens with zero attached hydrogens (tertiary/aromatic N) is 1. The van der Waals surface area contributed by atoms with Crippen LogP contribution >= 0.6 is 15.9 Å². The molecule has 0 saturated carbocycles. The van der Waals surface area contributed by atoms with E-state index >= 15 is 0 Å². The maximum atomic E-state index is 13.2. The zero-order valence-corrected chi connectivity index (χ0v) is 9.47. The highest BCUT2D eigenvalue weighted by Crippen LogP contribution is 2.25. The molecule has 1 rings (SSSR count). The maximum absolute atomic E-state index is 13.2. The van der Waals surface area contributed by atoms with Crippen LogP contribution in [0.3, 0.4) is 0 Å². The second-order valence-corrected chi connectivity index (χ2v) is 3.54. The molecule has 0 amide bonds. The molecule has 16 heavy (non-hydrogen) atoms. The van der Waals surface area contributed by atoms with Gasteiger partial charge in [-0.2, -0.15) is 4.39 Å². The van der Waals surface area contributed by atoms with Crippen molar-refractivity contribution in [2.75, 3.05) is 0 Å². The van der Waals surface area contributed by atoms with Crippen LogP contribution in [-0.4, -0.2) is 16.1 Å². The van der Waals surface area contributed by atoms with Crippen LogP contribution in [0.25, 0.3) is 0 Å². The number of carboxylic acids is 1. The highest BCUT2D eigenvalue weighted by atomic mass is 79.9. The molecule has 3 nitrogen and oxygen atoms in total. The Labute approximate surface area is 97.4 Å². The second kappa shape index (κ2) is 5.29. The summed E-state index contributed by atoms with van der Waals surface area (Å²) in [6.07, 6.45) is -3.48. The van der Waals surface area contributed by atoms with Gasteiger partial charge in [-0.1, -0.05) is 15.9 Å². The van der Waals surface area contributed by atoms with Crippen LogP contribution in [0.4, 0.5) is 13.2 Å². The van der Waals surface area contributed by atoms with Gasteiger partial charge in [-0.15, -0.1) is 0 Å². The first-order valence-corrected chi connectivity index (χ1v) is 5.32. The topological polar surface area (TPSA) is 50.2 Å². The van der Waals surface area contributed by atoms with E-state index in [4.69, 9.17) is 5.11 Å². The number of aromatic nitrogens is 1. The van der Waals surface area contributed by atoms with Crippen molar-refractivity contribution in [2.45, 2.75) is 18.2 Å². The molecule has 0 unspecified atom stereocenters. The van der Waals surface area contributed by atoms with Crippen LogP contribution in [0.5, 0.6) is 0 Å². The first-order chi connectivity index (χ1) is 7.45. The van der Waals surface area contributed by atoms with Gasteiger partial charge >= 0.3 is 5.97 Å². The van der Waals surface area contributed by atoms with Gasteiger partial charge in [0.2, 0.25) is 5.95 Å². The molecule has 1 aromatic rings. The van der Waals surface area contributed by atoms with Crippen molar-refractivity contribution in [3.8, 4) is 0 Å². The number of alkyl halides is 3. The Balaban J connectivity index is 3.21. The lowest BCUT2D eigenvalue weighted by Crippen LogP contribution is -2.08. The van der Waals surface area contributed by atoms with E-state index in [2.05, 4.69) is 20.9 Å². The quantitative estimate of drug-likeness (QED) is 0.687. The Bertz CT molecular complexity index is 412. The SMILES string of the molecule is O=C(O)Cc1cc(C(F)F)c(CBr)nc1F. The van der Waals surface area contributed by atoms with Gasteiger partial charge in [0.25, 0.3) is 6.43 Å². The zero-order valence-electron chi connectivity index (χ0n) is 7.88. The summed E-state index contributed by atoms with van der Waals surface area (Å²) in [5.74, 6) is -2.33. The fraction of sp³-hybridized carbons (Fsp3) is 0.333. The monoisotopic (exact) mass is 297 g/mol. The van der Waals surface area contributed by atoms with Crippen molar-refractivity contribution in [2.24, 2.45) is 0 Å². The summed E-state index contributed by atoms with van der Waals surface area (Å²) < 4.78 is 38.3. The van der Waals surface area contributed by atoms with Gasteiger partial charge in [-0.25, -0.2) is 13.8 Å². The van der Waals surface area contributed by atoms with Gasteiger partial charge in [0, 0.05) is 16.5 Å². The van der Waals surface area contributed by atoms with Crippen LogP contribution in [0.15, 0.2) is 6.07 Å². The standard InChI is InChI=1S/C9H7BrF3NO2/c10-3-6-5(8(11)12)1-4(2-7(15)16)9(13)14-6/h1,8H,2-3H2,(H,15,16). The van der Waals surface area contributed by atoms with Crippen molar-refractivity contribution in [3.05, 3.63) is 28.8 Å². The Morgan fingerprint density at radius 1 is 1.56 bits per heavy atom. The molecule has 0 saturated heterocycles. The molecule has 0 bridgehead atoms. The molecule has 1 aromatic heterocycles. The molecular formula is C9H7BrF3NO2. The lowest BCUT2D eigenvalue weighted by molar-refractivity contribution is -0.136. The minimum atomic E-state index is -2.81. The first-order valence-electron chi connectivity index (χ1n) is 4.19. The van der Waals surface area contributed by atoms with Gasteiger partial charge in [0.15, 0.2) is 0 Å². The van der Waals surface area contributed by atoms with Gasteiger partial charge in [0.05, 0.1) is 12.1 Å². The van der Waals surface area contributed by atoms with Crippen LogP contribution in [0, 0.1) is 5.95 Å². The predicted octanol–water partition coefficient (Wildman–Crippen LogP) is 2.68. The summed E-state index contributed by atoms with van der Waals surface area (Å²) >= 11 is 2.91. The van der Waals surface area contributed by atoms with Crippen LogP contribution < -0.4 is 0 Å². The van der Waals surface area contributed by atoms with Gasteiger partial charge in [-0.3, -0.25) is 4.79 Å². The van der Waals surface area contributed by atoms with E-state index in [1.54, 1.807) is 0 Å². The molecule has 88 valence electrons. The largest absolute Gasteiger partial charge is 0.481 e. The summed E-state index contributed by atoms with van der Waals surface area (Å²) in [5, 5.41) is 8.44. The highest BCUT2D eigenvalue weighted by molar-refractivity contribution is 9.08. The molecule has 1 heterocycles. The van der Waals surface area contributed by atoms with Crippen molar-refractivity contribution in [1.82, 2.24) is 4.98 Å². The Morgan fingerprint density at radius 2 is 2.19 bits per heavy atom. The number of carbonyl (C=O) groups is 1. The average molecular weight is 298 g/mol. The van der Waals surface area contributed by atoms with E-state index in [0.29, 0.717) is 0 Å². The van der Waals surface area contributed by atoms with Crippen LogP contribution in [-0.2, 0) is 16.5 Å². The summed E-state index contributed by atoms with van der Waals surface area (Å²) in [6, 6.07) is 0.845. The molecule has 0 atom stereocenters. The number of aliphatic carboxylic acids is 1. The minimum Gasteiger partial charge on any atom is -0.481 e. The summed E-state index contributed by atoms with van der Waals surface area (Å²) in [6.45, 7) is 0. The molecular weight excluding hydrogens is 291 g/mol. The molecule has 1 N–H and O–H groups in total. The van der Waals surface area contributed by atoms with Crippen LogP contribution in [0.1, 0.15) is 23.2 Å². The van der Waals surface area contributed by atoms with Crippen molar-refractivity contribution in [1.29, 1.82) is 0 Å². The third-order valence-electron chi connectivity index (χ3n) is 1.86. The zero-order chi connectivity index (χ0) is 12.3. The fourth-order valence-corrected chi connectivity index (χ4v) is 1.62.